The molecular formula is C20H19BrN4O3S. The third kappa shape index (κ3) is 4.42. The van der Waals surface area contributed by atoms with Crippen molar-refractivity contribution in [2.45, 2.75) is 30.7 Å². The first-order valence-corrected chi connectivity index (χ1v) is 11.4. The van der Waals surface area contributed by atoms with Crippen LogP contribution in [0.3, 0.4) is 0 Å². The maximum absolute atomic E-state index is 12.7. The van der Waals surface area contributed by atoms with Gasteiger partial charge in [-0.25, -0.2) is 17.8 Å². The molecule has 3 aromatic rings. The summed E-state index contributed by atoms with van der Waals surface area (Å²) in [4.78, 5) is 12.9. The molecule has 1 aromatic heterocycles. The Hall–Kier alpha value is -2.49. The first-order valence-electron chi connectivity index (χ1n) is 9.08. The van der Waals surface area contributed by atoms with E-state index in [9.17, 15) is 13.2 Å². The van der Waals surface area contributed by atoms with Crippen molar-refractivity contribution in [1.29, 1.82) is 0 Å². The number of nitrogens with zero attached hydrogens (tertiary/aromatic N) is 2. The predicted molar refractivity (Wildman–Crippen MR) is 114 cm³/mol. The average Bonchev–Trinajstić information content (AvgIpc) is 3.41. The highest BCUT2D eigenvalue weighted by Crippen LogP contribution is 2.24. The zero-order valence-corrected chi connectivity index (χ0v) is 18.0. The molecule has 1 amide bonds. The first-order chi connectivity index (χ1) is 13.8. The van der Waals surface area contributed by atoms with E-state index in [4.69, 9.17) is 0 Å². The maximum atomic E-state index is 12.7. The normalized spacial score (nSPS) is 14.0. The molecule has 150 valence electrons. The van der Waals surface area contributed by atoms with Crippen LogP contribution in [0.5, 0.6) is 0 Å². The van der Waals surface area contributed by atoms with Crippen molar-refractivity contribution < 1.29 is 13.2 Å². The van der Waals surface area contributed by atoms with E-state index in [2.05, 4.69) is 31.1 Å². The van der Waals surface area contributed by atoms with Gasteiger partial charge in [0.1, 0.15) is 0 Å². The van der Waals surface area contributed by atoms with Crippen LogP contribution in [0.15, 0.2) is 64.1 Å². The van der Waals surface area contributed by atoms with Gasteiger partial charge in [-0.05, 0) is 62.2 Å². The van der Waals surface area contributed by atoms with Crippen molar-refractivity contribution in [2.75, 3.05) is 5.32 Å². The number of hydrogen-bond donors (Lipinski definition) is 2. The van der Waals surface area contributed by atoms with Crippen LogP contribution in [0.4, 0.5) is 5.69 Å². The van der Waals surface area contributed by atoms with Crippen LogP contribution in [0.1, 0.15) is 28.9 Å². The number of anilines is 1. The standard InChI is InChI=1S/C20H19BrN4O3S/c1-13-19(12-22-25(13)17-9-5-14(21)6-10-17)20(26)23-16-3-2-4-18(11-16)29(27,28)24-15-7-8-15/h2-6,9-12,15,24H,7-8H2,1H3,(H,23,26). The van der Waals surface area contributed by atoms with Gasteiger partial charge in [-0.15, -0.1) is 0 Å². The molecule has 0 unspecified atom stereocenters. The largest absolute Gasteiger partial charge is 0.322 e. The highest BCUT2D eigenvalue weighted by atomic mass is 79.9. The smallest absolute Gasteiger partial charge is 0.259 e. The molecule has 29 heavy (non-hydrogen) atoms. The van der Waals surface area contributed by atoms with E-state index >= 15 is 0 Å². The van der Waals surface area contributed by atoms with Crippen LogP contribution in [0.25, 0.3) is 5.69 Å². The summed E-state index contributed by atoms with van der Waals surface area (Å²) in [5.41, 5.74) is 2.34. The number of benzene rings is 2. The Bertz CT molecular complexity index is 1170. The van der Waals surface area contributed by atoms with Gasteiger partial charge >= 0.3 is 0 Å². The molecule has 1 saturated carbocycles. The lowest BCUT2D eigenvalue weighted by atomic mass is 10.2. The number of rotatable bonds is 6. The van der Waals surface area contributed by atoms with E-state index in [-0.39, 0.29) is 16.8 Å². The molecule has 2 N–H and O–H groups in total. The Morgan fingerprint density at radius 2 is 1.90 bits per heavy atom. The number of halogens is 1. The van der Waals surface area contributed by atoms with Crippen molar-refractivity contribution in [3.8, 4) is 5.69 Å². The summed E-state index contributed by atoms with van der Waals surface area (Å²) in [6.45, 7) is 1.81. The van der Waals surface area contributed by atoms with Crippen molar-refractivity contribution >= 4 is 37.5 Å². The first kappa shape index (κ1) is 19.8. The molecule has 1 aliphatic carbocycles. The fraction of sp³-hybridized carbons (Fsp3) is 0.200. The van der Waals surface area contributed by atoms with Crippen molar-refractivity contribution in [2.24, 2.45) is 0 Å². The van der Waals surface area contributed by atoms with Gasteiger partial charge in [0.25, 0.3) is 5.91 Å². The van der Waals surface area contributed by atoms with Crippen LogP contribution in [0, 0.1) is 6.92 Å². The molecule has 1 aliphatic rings. The van der Waals surface area contributed by atoms with Crippen LogP contribution >= 0.6 is 15.9 Å². The summed E-state index contributed by atoms with van der Waals surface area (Å²) in [5.74, 6) is -0.351. The lowest BCUT2D eigenvalue weighted by molar-refractivity contribution is 0.102. The lowest BCUT2D eigenvalue weighted by Crippen LogP contribution is -2.25. The van der Waals surface area contributed by atoms with Crippen LogP contribution in [-0.2, 0) is 10.0 Å². The number of carbonyl (C=O) groups is 1. The number of aromatic nitrogens is 2. The summed E-state index contributed by atoms with van der Waals surface area (Å²) >= 11 is 3.40. The van der Waals surface area contributed by atoms with E-state index in [1.165, 1.54) is 18.3 Å². The van der Waals surface area contributed by atoms with Gasteiger partial charge in [0, 0.05) is 16.2 Å². The second kappa shape index (κ2) is 7.74. The minimum Gasteiger partial charge on any atom is -0.322 e. The minimum atomic E-state index is -3.59. The molecule has 9 heteroatoms. The number of nitrogens with one attached hydrogen (secondary N) is 2. The Morgan fingerprint density at radius 1 is 1.17 bits per heavy atom. The van der Waals surface area contributed by atoms with Crippen LogP contribution in [0.2, 0.25) is 0 Å². The quantitative estimate of drug-likeness (QED) is 0.570. The summed E-state index contributed by atoms with van der Waals surface area (Å²) in [6.07, 6.45) is 3.22. The number of amides is 1. The average molecular weight is 475 g/mol. The molecule has 0 spiro atoms. The zero-order chi connectivity index (χ0) is 20.6. The molecule has 0 radical (unpaired) electrons. The topological polar surface area (TPSA) is 93.1 Å². The highest BCUT2D eigenvalue weighted by molar-refractivity contribution is 9.10. The Kier molecular flexibility index (Phi) is 5.28. The van der Waals surface area contributed by atoms with Crippen LogP contribution < -0.4 is 10.0 Å². The molecule has 4 rings (SSSR count). The lowest BCUT2D eigenvalue weighted by Gasteiger charge is -2.09. The van der Waals surface area contributed by atoms with E-state index in [1.807, 2.05) is 31.2 Å². The fourth-order valence-electron chi connectivity index (χ4n) is 2.90. The van der Waals surface area contributed by atoms with Gasteiger partial charge in [0.2, 0.25) is 10.0 Å². The second-order valence-corrected chi connectivity index (χ2v) is 9.54. The number of hydrogen-bond acceptors (Lipinski definition) is 4. The van der Waals surface area contributed by atoms with Crippen molar-refractivity contribution in [3.63, 3.8) is 0 Å². The Balaban J connectivity index is 1.54. The Morgan fingerprint density at radius 3 is 2.59 bits per heavy atom. The predicted octanol–water partition coefficient (Wildman–Crippen LogP) is 3.64. The van der Waals surface area contributed by atoms with Gasteiger partial charge in [0.15, 0.2) is 0 Å². The summed E-state index contributed by atoms with van der Waals surface area (Å²) in [7, 11) is -3.59. The van der Waals surface area contributed by atoms with Gasteiger partial charge in [-0.2, -0.15) is 5.10 Å². The minimum absolute atomic E-state index is 0.0188. The number of sulfonamides is 1. The van der Waals surface area contributed by atoms with E-state index in [0.717, 1.165) is 23.0 Å². The van der Waals surface area contributed by atoms with Gasteiger partial charge < -0.3 is 5.32 Å². The van der Waals surface area contributed by atoms with E-state index < -0.39 is 10.0 Å². The molecule has 2 aromatic carbocycles. The second-order valence-electron chi connectivity index (χ2n) is 6.91. The Labute approximate surface area is 177 Å². The van der Waals surface area contributed by atoms with Crippen molar-refractivity contribution in [3.05, 3.63) is 70.5 Å². The van der Waals surface area contributed by atoms with Crippen molar-refractivity contribution in [1.82, 2.24) is 14.5 Å². The molecule has 0 aliphatic heterocycles. The summed E-state index contributed by atoms with van der Waals surface area (Å²) in [5, 5.41) is 7.07. The fourth-order valence-corrected chi connectivity index (χ4v) is 4.52. The van der Waals surface area contributed by atoms with E-state index in [1.54, 1.807) is 16.8 Å². The molecule has 0 bridgehead atoms. The summed E-state index contributed by atoms with van der Waals surface area (Å²) in [6, 6.07) is 13.8. The maximum Gasteiger partial charge on any atom is 0.259 e. The zero-order valence-electron chi connectivity index (χ0n) is 15.6. The third-order valence-electron chi connectivity index (χ3n) is 4.63. The molecule has 1 fully saturated rings. The van der Waals surface area contributed by atoms with Crippen LogP contribution in [-0.4, -0.2) is 30.1 Å². The molecule has 0 atom stereocenters. The third-order valence-corrected chi connectivity index (χ3v) is 6.67. The molecule has 0 saturated heterocycles. The van der Waals surface area contributed by atoms with Gasteiger partial charge in [-0.3, -0.25) is 4.79 Å². The molecule has 7 nitrogen and oxygen atoms in total. The van der Waals surface area contributed by atoms with E-state index in [0.29, 0.717) is 16.9 Å². The summed E-state index contributed by atoms with van der Waals surface area (Å²) < 4.78 is 30.0. The monoisotopic (exact) mass is 474 g/mol. The molecule has 1 heterocycles. The number of carbonyl (C=O) groups excluding carboxylic acids is 1. The van der Waals surface area contributed by atoms with Gasteiger partial charge in [-0.1, -0.05) is 22.0 Å². The highest BCUT2D eigenvalue weighted by Gasteiger charge is 2.28. The van der Waals surface area contributed by atoms with Gasteiger partial charge in [0.05, 0.1) is 28.0 Å². The SMILES string of the molecule is Cc1c(C(=O)Nc2cccc(S(=O)(=O)NC3CC3)c2)cnn1-c1ccc(Br)cc1. The molecular weight excluding hydrogens is 456 g/mol.